The molecule has 1 amide bonds. The minimum Gasteiger partial charge on any atom is -0.480 e. The molecule has 0 aromatic carbocycles. The lowest BCUT2D eigenvalue weighted by Crippen LogP contribution is -2.60. The summed E-state index contributed by atoms with van der Waals surface area (Å²) in [5, 5.41) is 11.8. The van der Waals surface area contributed by atoms with E-state index in [0.717, 1.165) is 12.8 Å². The summed E-state index contributed by atoms with van der Waals surface area (Å²) < 4.78 is 0. The van der Waals surface area contributed by atoms with Gasteiger partial charge in [-0.1, -0.05) is 20.8 Å². The molecule has 17 heavy (non-hydrogen) atoms. The number of nitrogens with one attached hydrogen (secondary N) is 1. The maximum atomic E-state index is 11.9. The van der Waals surface area contributed by atoms with Crippen molar-refractivity contribution in [3.63, 3.8) is 0 Å². The van der Waals surface area contributed by atoms with E-state index in [2.05, 4.69) is 5.32 Å². The van der Waals surface area contributed by atoms with Gasteiger partial charge in [-0.15, -0.1) is 0 Å². The Balaban J connectivity index is 2.75. The highest BCUT2D eigenvalue weighted by Gasteiger charge is 2.49. The highest BCUT2D eigenvalue weighted by atomic mass is 16.4. The molecule has 1 fully saturated rings. The lowest BCUT2D eigenvalue weighted by molar-refractivity contribution is -0.148. The third-order valence-electron chi connectivity index (χ3n) is 3.44. The molecule has 5 heteroatoms. The second kappa shape index (κ2) is 4.29. The first-order chi connectivity index (χ1) is 7.59. The summed E-state index contributed by atoms with van der Waals surface area (Å²) in [6.45, 7) is 7.12. The first-order valence-electron chi connectivity index (χ1n) is 5.90. The zero-order valence-corrected chi connectivity index (χ0v) is 10.9. The molecule has 2 atom stereocenters. The van der Waals surface area contributed by atoms with Gasteiger partial charge in [0.15, 0.2) is 0 Å². The van der Waals surface area contributed by atoms with Gasteiger partial charge in [-0.2, -0.15) is 0 Å². The molecule has 0 aromatic rings. The Kier molecular flexibility index (Phi) is 3.52. The second-order valence-corrected chi connectivity index (χ2v) is 6.11. The van der Waals surface area contributed by atoms with E-state index < -0.39 is 23.5 Å². The molecule has 98 valence electrons. The third-order valence-corrected chi connectivity index (χ3v) is 3.44. The highest BCUT2D eigenvalue weighted by Crippen LogP contribution is 2.39. The Labute approximate surface area is 102 Å². The molecule has 1 saturated carbocycles. The summed E-state index contributed by atoms with van der Waals surface area (Å²) >= 11 is 0. The van der Waals surface area contributed by atoms with Crippen LogP contribution in [0.5, 0.6) is 0 Å². The van der Waals surface area contributed by atoms with Crippen LogP contribution in [-0.4, -0.2) is 28.6 Å². The Morgan fingerprint density at radius 3 is 2.06 bits per heavy atom. The van der Waals surface area contributed by atoms with Crippen LogP contribution in [0.15, 0.2) is 0 Å². The van der Waals surface area contributed by atoms with E-state index in [9.17, 15) is 14.7 Å². The average molecular weight is 242 g/mol. The van der Waals surface area contributed by atoms with Crippen molar-refractivity contribution in [2.45, 2.75) is 52.1 Å². The maximum Gasteiger partial charge on any atom is 0.329 e. The predicted molar refractivity (Wildman–Crippen MR) is 64.3 cm³/mol. The van der Waals surface area contributed by atoms with Crippen LogP contribution >= 0.6 is 0 Å². The van der Waals surface area contributed by atoms with E-state index in [1.165, 1.54) is 0 Å². The SMILES string of the molecule is CC(NC(=O)[C@@H](N)C(C)(C)C)(C(=O)O)C1CC1. The monoisotopic (exact) mass is 242 g/mol. The number of rotatable bonds is 4. The minimum absolute atomic E-state index is 0.0242. The Bertz CT molecular complexity index is 331. The van der Waals surface area contributed by atoms with Crippen LogP contribution in [0.2, 0.25) is 0 Å². The van der Waals surface area contributed by atoms with E-state index in [1.807, 2.05) is 20.8 Å². The molecule has 0 radical (unpaired) electrons. The summed E-state index contributed by atoms with van der Waals surface area (Å²) in [6, 6.07) is -0.708. The van der Waals surface area contributed by atoms with Crippen molar-refractivity contribution in [1.29, 1.82) is 0 Å². The first kappa shape index (κ1) is 14.0. The fourth-order valence-corrected chi connectivity index (χ4v) is 1.72. The summed E-state index contributed by atoms with van der Waals surface area (Å²) in [7, 11) is 0. The largest absolute Gasteiger partial charge is 0.480 e. The van der Waals surface area contributed by atoms with Crippen molar-refractivity contribution in [2.75, 3.05) is 0 Å². The van der Waals surface area contributed by atoms with Gasteiger partial charge in [-0.3, -0.25) is 4.79 Å². The zero-order valence-electron chi connectivity index (χ0n) is 10.9. The van der Waals surface area contributed by atoms with Gasteiger partial charge in [0.1, 0.15) is 5.54 Å². The van der Waals surface area contributed by atoms with Crippen molar-refractivity contribution in [2.24, 2.45) is 17.1 Å². The predicted octanol–water partition coefficient (Wildman–Crippen LogP) is 0.729. The fourth-order valence-electron chi connectivity index (χ4n) is 1.72. The van der Waals surface area contributed by atoms with E-state index in [-0.39, 0.29) is 11.3 Å². The van der Waals surface area contributed by atoms with Crippen LogP contribution in [0, 0.1) is 11.3 Å². The molecule has 1 rings (SSSR count). The van der Waals surface area contributed by atoms with Crippen molar-refractivity contribution in [1.82, 2.24) is 5.32 Å². The smallest absolute Gasteiger partial charge is 0.329 e. The second-order valence-electron chi connectivity index (χ2n) is 6.11. The number of aliphatic carboxylic acids is 1. The fraction of sp³-hybridized carbons (Fsp3) is 0.833. The van der Waals surface area contributed by atoms with Crippen LogP contribution < -0.4 is 11.1 Å². The molecule has 0 aromatic heterocycles. The number of hydrogen-bond acceptors (Lipinski definition) is 3. The van der Waals surface area contributed by atoms with Gasteiger partial charge in [0.2, 0.25) is 5.91 Å². The van der Waals surface area contributed by atoms with Gasteiger partial charge in [-0.25, -0.2) is 4.79 Å². The molecule has 0 heterocycles. The van der Waals surface area contributed by atoms with Crippen LogP contribution in [0.25, 0.3) is 0 Å². The van der Waals surface area contributed by atoms with Gasteiger partial charge in [0.25, 0.3) is 0 Å². The Hall–Kier alpha value is -1.10. The topological polar surface area (TPSA) is 92.4 Å². The molecule has 1 aliphatic rings. The molecule has 0 spiro atoms. The summed E-state index contributed by atoms with van der Waals surface area (Å²) in [6.07, 6.45) is 1.68. The molecule has 5 nitrogen and oxygen atoms in total. The number of carbonyl (C=O) groups excluding carboxylic acids is 1. The normalized spacial score (nSPS) is 21.5. The molecule has 4 N–H and O–H groups in total. The Morgan fingerprint density at radius 2 is 1.76 bits per heavy atom. The lowest BCUT2D eigenvalue weighted by Gasteiger charge is -2.32. The van der Waals surface area contributed by atoms with E-state index in [0.29, 0.717) is 0 Å². The van der Waals surface area contributed by atoms with Crippen LogP contribution in [0.3, 0.4) is 0 Å². The Morgan fingerprint density at radius 1 is 1.29 bits per heavy atom. The summed E-state index contributed by atoms with van der Waals surface area (Å²) in [5.74, 6) is -1.36. The van der Waals surface area contributed by atoms with Gasteiger partial charge < -0.3 is 16.2 Å². The third kappa shape index (κ3) is 2.97. The molecule has 1 unspecified atom stereocenters. The van der Waals surface area contributed by atoms with Gasteiger partial charge in [0, 0.05) is 0 Å². The number of hydrogen-bond donors (Lipinski definition) is 3. The molecule has 1 aliphatic carbocycles. The minimum atomic E-state index is -1.18. The molecule has 0 aliphatic heterocycles. The average Bonchev–Trinajstić information content (AvgIpc) is 2.97. The molecule has 0 bridgehead atoms. The quantitative estimate of drug-likeness (QED) is 0.677. The van der Waals surface area contributed by atoms with Crippen molar-refractivity contribution < 1.29 is 14.7 Å². The van der Waals surface area contributed by atoms with Crippen LogP contribution in [0.1, 0.15) is 40.5 Å². The summed E-state index contributed by atoms with van der Waals surface area (Å²) in [4.78, 5) is 23.2. The number of amides is 1. The van der Waals surface area contributed by atoms with E-state index >= 15 is 0 Å². The van der Waals surface area contributed by atoms with Gasteiger partial charge in [0.05, 0.1) is 6.04 Å². The molecular formula is C12H22N2O3. The van der Waals surface area contributed by atoms with Crippen LogP contribution in [-0.2, 0) is 9.59 Å². The number of nitrogens with two attached hydrogens (primary N) is 1. The number of carboxylic acid groups (broad SMARTS) is 1. The van der Waals surface area contributed by atoms with Gasteiger partial charge >= 0.3 is 5.97 Å². The standard InChI is InChI=1S/C12H22N2O3/c1-11(2,3)8(13)9(15)14-12(4,10(16)17)7-5-6-7/h7-8H,5-6,13H2,1-4H3,(H,14,15)(H,16,17)/t8-,12?/m1/s1. The van der Waals surface area contributed by atoms with E-state index in [1.54, 1.807) is 6.92 Å². The van der Waals surface area contributed by atoms with Crippen LogP contribution in [0.4, 0.5) is 0 Å². The molecule has 0 saturated heterocycles. The molecular weight excluding hydrogens is 220 g/mol. The number of carboxylic acids is 1. The lowest BCUT2D eigenvalue weighted by atomic mass is 9.85. The van der Waals surface area contributed by atoms with Crippen molar-refractivity contribution in [3.05, 3.63) is 0 Å². The number of carbonyl (C=O) groups is 2. The van der Waals surface area contributed by atoms with Crippen molar-refractivity contribution in [3.8, 4) is 0 Å². The zero-order chi connectivity index (χ0) is 13.4. The van der Waals surface area contributed by atoms with Gasteiger partial charge in [-0.05, 0) is 31.1 Å². The van der Waals surface area contributed by atoms with E-state index in [4.69, 9.17) is 5.73 Å². The highest BCUT2D eigenvalue weighted by molar-refractivity contribution is 5.90. The summed E-state index contributed by atoms with van der Waals surface area (Å²) in [5.41, 5.74) is 4.25. The maximum absolute atomic E-state index is 11.9. The first-order valence-corrected chi connectivity index (χ1v) is 5.90. The van der Waals surface area contributed by atoms with Crippen molar-refractivity contribution >= 4 is 11.9 Å².